The SMILES string of the molecule is Cc1cccc(N2CCN([C@@H]3CNC[C@H]3O)CC2)n1. The number of rotatable bonds is 2. The molecule has 1 aromatic rings. The Morgan fingerprint density at radius 2 is 2.00 bits per heavy atom. The van der Waals surface area contributed by atoms with Crippen LogP contribution in [0.15, 0.2) is 18.2 Å². The number of hydrogen-bond donors (Lipinski definition) is 2. The van der Waals surface area contributed by atoms with Crippen LogP contribution in [0.2, 0.25) is 0 Å². The standard InChI is InChI=1S/C14H22N4O/c1-11-3-2-4-14(16-11)18-7-5-17(6-8-18)12-9-15-10-13(12)19/h2-4,12-13,15,19H,5-10H2,1H3/t12-,13-/m1/s1. The minimum atomic E-state index is -0.219. The van der Waals surface area contributed by atoms with E-state index in [2.05, 4.69) is 32.2 Å². The third-order valence-electron chi connectivity index (χ3n) is 4.13. The number of piperazine rings is 1. The number of aryl methyl sites for hydroxylation is 1. The van der Waals surface area contributed by atoms with Crippen molar-refractivity contribution in [1.29, 1.82) is 0 Å². The number of nitrogens with zero attached hydrogens (tertiary/aromatic N) is 3. The maximum absolute atomic E-state index is 9.93. The van der Waals surface area contributed by atoms with Crippen LogP contribution < -0.4 is 10.2 Å². The zero-order valence-electron chi connectivity index (χ0n) is 11.4. The Hall–Kier alpha value is -1.17. The fourth-order valence-electron chi connectivity index (χ4n) is 3.01. The van der Waals surface area contributed by atoms with Gasteiger partial charge in [-0.15, -0.1) is 0 Å². The van der Waals surface area contributed by atoms with Gasteiger partial charge in [-0.1, -0.05) is 6.07 Å². The summed E-state index contributed by atoms with van der Waals surface area (Å²) in [5, 5.41) is 13.2. The molecule has 0 amide bonds. The quantitative estimate of drug-likeness (QED) is 0.776. The molecule has 0 unspecified atom stereocenters. The summed E-state index contributed by atoms with van der Waals surface area (Å²) in [7, 11) is 0. The predicted octanol–water partition coefficient (Wildman–Crippen LogP) is -0.155. The molecule has 0 aliphatic carbocycles. The highest BCUT2D eigenvalue weighted by atomic mass is 16.3. The van der Waals surface area contributed by atoms with Gasteiger partial charge >= 0.3 is 0 Å². The second-order valence-corrected chi connectivity index (χ2v) is 5.45. The zero-order valence-corrected chi connectivity index (χ0v) is 11.4. The van der Waals surface area contributed by atoms with Gasteiger partial charge in [-0.05, 0) is 19.1 Å². The summed E-state index contributed by atoms with van der Waals surface area (Å²) >= 11 is 0. The van der Waals surface area contributed by atoms with Crippen molar-refractivity contribution in [2.45, 2.75) is 19.1 Å². The van der Waals surface area contributed by atoms with Gasteiger partial charge in [0.2, 0.25) is 0 Å². The lowest BCUT2D eigenvalue weighted by molar-refractivity contribution is 0.0791. The molecular formula is C14H22N4O. The highest BCUT2D eigenvalue weighted by molar-refractivity contribution is 5.39. The second kappa shape index (κ2) is 5.45. The normalized spacial score (nSPS) is 28.8. The maximum atomic E-state index is 9.93. The Kier molecular flexibility index (Phi) is 3.68. The fraction of sp³-hybridized carbons (Fsp3) is 0.643. The number of nitrogens with one attached hydrogen (secondary N) is 1. The molecule has 0 saturated carbocycles. The summed E-state index contributed by atoms with van der Waals surface area (Å²) in [4.78, 5) is 9.31. The van der Waals surface area contributed by atoms with Crippen LogP contribution >= 0.6 is 0 Å². The molecule has 19 heavy (non-hydrogen) atoms. The number of aliphatic hydroxyl groups excluding tert-OH is 1. The molecule has 0 radical (unpaired) electrons. The molecule has 2 aliphatic heterocycles. The molecule has 2 atom stereocenters. The van der Waals surface area contributed by atoms with E-state index in [-0.39, 0.29) is 12.1 Å². The highest BCUT2D eigenvalue weighted by Crippen LogP contribution is 2.17. The van der Waals surface area contributed by atoms with Gasteiger partial charge in [0.25, 0.3) is 0 Å². The molecule has 2 saturated heterocycles. The van der Waals surface area contributed by atoms with Gasteiger partial charge in [-0.25, -0.2) is 4.98 Å². The van der Waals surface area contributed by atoms with Gasteiger partial charge in [0, 0.05) is 51.0 Å². The molecule has 0 bridgehead atoms. The number of aliphatic hydroxyl groups is 1. The van der Waals surface area contributed by atoms with E-state index in [9.17, 15) is 5.11 Å². The minimum absolute atomic E-state index is 0.219. The largest absolute Gasteiger partial charge is 0.390 e. The van der Waals surface area contributed by atoms with E-state index in [4.69, 9.17) is 0 Å². The lowest BCUT2D eigenvalue weighted by Gasteiger charge is -2.39. The Morgan fingerprint density at radius 3 is 2.63 bits per heavy atom. The number of hydrogen-bond acceptors (Lipinski definition) is 5. The third-order valence-corrected chi connectivity index (χ3v) is 4.13. The van der Waals surface area contributed by atoms with E-state index in [1.54, 1.807) is 0 Å². The van der Waals surface area contributed by atoms with Crippen molar-refractivity contribution in [2.75, 3.05) is 44.2 Å². The average molecular weight is 262 g/mol. The van der Waals surface area contributed by atoms with Crippen LogP contribution in [0.3, 0.4) is 0 Å². The Balaban J connectivity index is 1.60. The summed E-state index contributed by atoms with van der Waals surface area (Å²) in [5.41, 5.74) is 1.07. The average Bonchev–Trinajstić information content (AvgIpc) is 2.85. The van der Waals surface area contributed by atoms with Crippen LogP contribution in [0.5, 0.6) is 0 Å². The summed E-state index contributed by atoms with van der Waals surface area (Å²) in [6, 6.07) is 6.46. The van der Waals surface area contributed by atoms with Crippen molar-refractivity contribution in [3.63, 3.8) is 0 Å². The Morgan fingerprint density at radius 1 is 1.21 bits per heavy atom. The number of anilines is 1. The van der Waals surface area contributed by atoms with Gasteiger partial charge < -0.3 is 15.3 Å². The Bertz CT molecular complexity index is 431. The minimum Gasteiger partial charge on any atom is -0.390 e. The lowest BCUT2D eigenvalue weighted by Crippen LogP contribution is -2.53. The van der Waals surface area contributed by atoms with Crippen LogP contribution in [0.25, 0.3) is 0 Å². The number of aromatic nitrogens is 1. The van der Waals surface area contributed by atoms with E-state index in [1.807, 2.05) is 13.0 Å². The first-order valence-electron chi connectivity index (χ1n) is 7.05. The molecule has 5 heteroatoms. The Labute approximate surface area is 114 Å². The van der Waals surface area contributed by atoms with Gasteiger partial charge in [-0.3, -0.25) is 4.90 Å². The van der Waals surface area contributed by atoms with E-state index < -0.39 is 0 Å². The van der Waals surface area contributed by atoms with Crippen molar-refractivity contribution in [3.05, 3.63) is 23.9 Å². The smallest absolute Gasteiger partial charge is 0.128 e. The molecule has 1 aromatic heterocycles. The van der Waals surface area contributed by atoms with E-state index >= 15 is 0 Å². The first-order valence-corrected chi connectivity index (χ1v) is 7.05. The molecule has 2 aliphatic rings. The maximum Gasteiger partial charge on any atom is 0.128 e. The predicted molar refractivity (Wildman–Crippen MR) is 75.4 cm³/mol. The summed E-state index contributed by atoms with van der Waals surface area (Å²) < 4.78 is 0. The van der Waals surface area contributed by atoms with Crippen molar-refractivity contribution < 1.29 is 5.11 Å². The molecular weight excluding hydrogens is 240 g/mol. The molecule has 2 fully saturated rings. The van der Waals surface area contributed by atoms with Crippen molar-refractivity contribution in [3.8, 4) is 0 Å². The van der Waals surface area contributed by atoms with Gasteiger partial charge in [0.1, 0.15) is 5.82 Å². The van der Waals surface area contributed by atoms with Crippen molar-refractivity contribution in [2.24, 2.45) is 0 Å². The van der Waals surface area contributed by atoms with E-state index in [0.29, 0.717) is 0 Å². The molecule has 3 heterocycles. The van der Waals surface area contributed by atoms with Crippen LogP contribution in [0, 0.1) is 6.92 Å². The number of pyridine rings is 1. The summed E-state index contributed by atoms with van der Waals surface area (Å²) in [6.07, 6.45) is -0.219. The van der Waals surface area contributed by atoms with Gasteiger partial charge in [0.15, 0.2) is 0 Å². The van der Waals surface area contributed by atoms with Crippen LogP contribution in [-0.2, 0) is 0 Å². The first kappa shape index (κ1) is 12.8. The van der Waals surface area contributed by atoms with Crippen LogP contribution in [0.4, 0.5) is 5.82 Å². The van der Waals surface area contributed by atoms with Crippen LogP contribution in [-0.4, -0.2) is 66.4 Å². The summed E-state index contributed by atoms with van der Waals surface area (Å²) in [5.74, 6) is 1.07. The van der Waals surface area contributed by atoms with E-state index in [1.165, 1.54) is 0 Å². The highest BCUT2D eigenvalue weighted by Gasteiger charge is 2.32. The molecule has 3 rings (SSSR count). The van der Waals surface area contributed by atoms with Gasteiger partial charge in [-0.2, -0.15) is 0 Å². The molecule has 2 N–H and O–H groups in total. The van der Waals surface area contributed by atoms with Crippen molar-refractivity contribution in [1.82, 2.24) is 15.2 Å². The second-order valence-electron chi connectivity index (χ2n) is 5.45. The topological polar surface area (TPSA) is 51.6 Å². The molecule has 5 nitrogen and oxygen atoms in total. The fourth-order valence-corrected chi connectivity index (χ4v) is 3.01. The first-order chi connectivity index (χ1) is 9.24. The molecule has 0 spiro atoms. The van der Waals surface area contributed by atoms with Gasteiger partial charge in [0.05, 0.1) is 6.10 Å². The molecule has 104 valence electrons. The summed E-state index contributed by atoms with van der Waals surface area (Å²) in [6.45, 7) is 7.63. The van der Waals surface area contributed by atoms with Crippen LogP contribution in [0.1, 0.15) is 5.69 Å². The lowest BCUT2D eigenvalue weighted by atomic mass is 10.1. The van der Waals surface area contributed by atoms with Crippen molar-refractivity contribution >= 4 is 5.82 Å². The van der Waals surface area contributed by atoms with E-state index in [0.717, 1.165) is 50.8 Å². The monoisotopic (exact) mass is 262 g/mol. The molecule has 0 aromatic carbocycles. The zero-order chi connectivity index (χ0) is 13.2. The number of β-amino-alcohol motifs (C(OH)–C–C–N with tert-alkyl or cyclic N) is 1. The third kappa shape index (κ3) is 2.73.